The topological polar surface area (TPSA) is 38.7 Å². The molecule has 3 nitrogen and oxygen atoms in total. The number of phenolic OH excluding ortho intramolecular Hbond substituents is 1. The number of benzene rings is 3. The number of ether oxygens (including phenoxy) is 2. The lowest BCUT2D eigenvalue weighted by Crippen LogP contribution is -2.41. The fourth-order valence-corrected chi connectivity index (χ4v) is 5.09. The number of rotatable bonds is 2. The molecule has 0 radical (unpaired) electrons. The molecule has 0 bridgehead atoms. The van der Waals surface area contributed by atoms with E-state index in [1.165, 1.54) is 20.2 Å². The second-order valence-corrected chi connectivity index (χ2v) is 9.69. The third-order valence-electron chi connectivity index (χ3n) is 6.25. The summed E-state index contributed by atoms with van der Waals surface area (Å²) < 4.78 is 14.9. The molecule has 0 spiro atoms. The Morgan fingerprint density at radius 1 is 0.828 bits per heavy atom. The highest BCUT2D eigenvalue weighted by Crippen LogP contribution is 2.48. The number of aromatic hydroxyl groups is 1. The lowest BCUT2D eigenvalue weighted by molar-refractivity contribution is -0.0905. The van der Waals surface area contributed by atoms with E-state index in [1.54, 1.807) is 17.4 Å². The van der Waals surface area contributed by atoms with Crippen LogP contribution in [-0.4, -0.2) is 16.3 Å². The fraction of sp³-hybridized carbons (Fsp3) is 0.280. The summed E-state index contributed by atoms with van der Waals surface area (Å²) >= 11 is 1.80. The first kappa shape index (κ1) is 18.6. The molecule has 29 heavy (non-hydrogen) atoms. The van der Waals surface area contributed by atoms with E-state index in [9.17, 15) is 5.11 Å². The van der Waals surface area contributed by atoms with Crippen molar-refractivity contribution in [3.8, 4) is 16.9 Å². The van der Waals surface area contributed by atoms with Gasteiger partial charge in [-0.3, -0.25) is 0 Å². The monoisotopic (exact) mass is 404 g/mol. The highest BCUT2D eigenvalue weighted by Gasteiger charge is 2.50. The molecule has 0 amide bonds. The highest BCUT2D eigenvalue weighted by molar-refractivity contribution is 7.26. The Balaban J connectivity index is 1.65. The van der Waals surface area contributed by atoms with Gasteiger partial charge in [0, 0.05) is 20.2 Å². The van der Waals surface area contributed by atoms with E-state index in [4.69, 9.17) is 9.47 Å². The maximum absolute atomic E-state index is 10.6. The van der Waals surface area contributed by atoms with Crippen LogP contribution < -0.4 is 0 Å². The predicted molar refractivity (Wildman–Crippen MR) is 120 cm³/mol. The first-order valence-corrected chi connectivity index (χ1v) is 10.7. The normalized spacial score (nSPS) is 18.6. The smallest absolute Gasteiger partial charge is 0.188 e. The van der Waals surface area contributed by atoms with Gasteiger partial charge >= 0.3 is 0 Å². The summed E-state index contributed by atoms with van der Waals surface area (Å²) in [6.07, 6.45) is -0.596. The summed E-state index contributed by atoms with van der Waals surface area (Å²) in [5.74, 6) is 0.191. The van der Waals surface area contributed by atoms with E-state index in [-0.39, 0.29) is 5.75 Å². The van der Waals surface area contributed by atoms with Crippen LogP contribution in [0.15, 0.2) is 60.7 Å². The molecule has 148 valence electrons. The molecule has 1 aromatic heterocycles. The minimum absolute atomic E-state index is 0.191. The quantitative estimate of drug-likeness (QED) is 0.390. The Labute approximate surface area is 174 Å². The van der Waals surface area contributed by atoms with Gasteiger partial charge in [0.15, 0.2) is 6.29 Å². The van der Waals surface area contributed by atoms with E-state index in [0.29, 0.717) is 5.56 Å². The second kappa shape index (κ2) is 6.30. The summed E-state index contributed by atoms with van der Waals surface area (Å²) in [5.41, 5.74) is 1.96. The van der Waals surface area contributed by atoms with Crippen LogP contribution in [-0.2, 0) is 9.47 Å². The number of thiophene rings is 1. The first-order valence-electron chi connectivity index (χ1n) is 9.86. The molecule has 4 aromatic rings. The Hall–Kier alpha value is -2.40. The average molecular weight is 405 g/mol. The number of hydrogen-bond donors (Lipinski definition) is 1. The van der Waals surface area contributed by atoms with E-state index >= 15 is 0 Å². The van der Waals surface area contributed by atoms with Gasteiger partial charge in [0.05, 0.1) is 16.8 Å². The van der Waals surface area contributed by atoms with Gasteiger partial charge < -0.3 is 14.6 Å². The standard InChI is InChI=1S/C25H24O3S/c1-24(2)25(3,4)28-23(27-24)19-14-15(12-13-20(19)26)16-9-7-10-18-17-8-5-6-11-21(17)29-22(16)18/h5-14,23,26H,1-4H3. The summed E-state index contributed by atoms with van der Waals surface area (Å²) in [6.45, 7) is 8.08. The van der Waals surface area contributed by atoms with Crippen molar-refractivity contribution in [2.75, 3.05) is 0 Å². The van der Waals surface area contributed by atoms with Gasteiger partial charge in [-0.05, 0) is 57.0 Å². The van der Waals surface area contributed by atoms with Crippen LogP contribution in [0.2, 0.25) is 0 Å². The van der Waals surface area contributed by atoms with Crippen molar-refractivity contribution in [3.63, 3.8) is 0 Å². The molecule has 0 aliphatic carbocycles. The number of phenols is 1. The molecule has 2 heterocycles. The third-order valence-corrected chi connectivity index (χ3v) is 7.47. The average Bonchev–Trinajstić information content (AvgIpc) is 3.16. The van der Waals surface area contributed by atoms with Crippen LogP contribution in [0, 0.1) is 0 Å². The molecule has 1 saturated heterocycles. The minimum atomic E-state index is -0.596. The van der Waals surface area contributed by atoms with Crippen molar-refractivity contribution < 1.29 is 14.6 Å². The summed E-state index contributed by atoms with van der Waals surface area (Å²) in [6, 6.07) is 20.6. The molecular formula is C25H24O3S. The molecule has 0 unspecified atom stereocenters. The Kier molecular flexibility index (Phi) is 4.04. The van der Waals surface area contributed by atoms with Crippen molar-refractivity contribution in [2.24, 2.45) is 0 Å². The lowest BCUT2D eigenvalue weighted by Gasteiger charge is -2.30. The van der Waals surface area contributed by atoms with Crippen molar-refractivity contribution in [3.05, 3.63) is 66.2 Å². The third kappa shape index (κ3) is 2.86. The highest BCUT2D eigenvalue weighted by atomic mass is 32.1. The Bertz CT molecular complexity index is 1220. The number of fused-ring (bicyclic) bond motifs is 3. The lowest BCUT2D eigenvalue weighted by atomic mass is 9.90. The molecule has 0 saturated carbocycles. The largest absolute Gasteiger partial charge is 0.507 e. The van der Waals surface area contributed by atoms with Gasteiger partial charge in [-0.1, -0.05) is 42.5 Å². The predicted octanol–water partition coefficient (Wildman–Crippen LogP) is 7.03. The van der Waals surface area contributed by atoms with Crippen molar-refractivity contribution in [1.82, 2.24) is 0 Å². The van der Waals surface area contributed by atoms with Crippen molar-refractivity contribution in [1.29, 1.82) is 0 Å². The van der Waals surface area contributed by atoms with Gasteiger partial charge in [-0.2, -0.15) is 0 Å². The van der Waals surface area contributed by atoms with Gasteiger partial charge in [0.1, 0.15) is 5.75 Å². The zero-order valence-corrected chi connectivity index (χ0v) is 17.8. The van der Waals surface area contributed by atoms with Crippen LogP contribution in [0.25, 0.3) is 31.3 Å². The molecule has 3 aromatic carbocycles. The fourth-order valence-electron chi connectivity index (χ4n) is 3.86. The summed E-state index contributed by atoms with van der Waals surface area (Å²) in [4.78, 5) is 0. The van der Waals surface area contributed by atoms with Crippen molar-refractivity contribution in [2.45, 2.75) is 45.2 Å². The van der Waals surface area contributed by atoms with Crippen molar-refractivity contribution >= 4 is 31.5 Å². The van der Waals surface area contributed by atoms with Crippen LogP contribution in [0.4, 0.5) is 0 Å². The van der Waals surface area contributed by atoms with E-state index in [0.717, 1.165) is 11.1 Å². The van der Waals surface area contributed by atoms with Crippen LogP contribution in [0.3, 0.4) is 0 Å². The summed E-state index contributed by atoms with van der Waals surface area (Å²) in [7, 11) is 0. The molecule has 1 fully saturated rings. The molecule has 1 N–H and O–H groups in total. The van der Waals surface area contributed by atoms with Crippen LogP contribution in [0.1, 0.15) is 39.5 Å². The van der Waals surface area contributed by atoms with E-state index in [2.05, 4.69) is 42.5 Å². The van der Waals surface area contributed by atoms with Crippen LogP contribution >= 0.6 is 11.3 Å². The molecule has 1 aliphatic rings. The first-order chi connectivity index (χ1) is 13.8. The Morgan fingerprint density at radius 2 is 1.52 bits per heavy atom. The second-order valence-electron chi connectivity index (χ2n) is 8.64. The van der Waals surface area contributed by atoms with Gasteiger partial charge in [0.2, 0.25) is 0 Å². The van der Waals surface area contributed by atoms with Gasteiger partial charge in [0.25, 0.3) is 0 Å². The Morgan fingerprint density at radius 3 is 2.28 bits per heavy atom. The molecule has 4 heteroatoms. The zero-order valence-electron chi connectivity index (χ0n) is 17.0. The maximum Gasteiger partial charge on any atom is 0.188 e. The summed E-state index contributed by atoms with van der Waals surface area (Å²) in [5, 5.41) is 13.1. The molecule has 5 rings (SSSR count). The van der Waals surface area contributed by atoms with Gasteiger partial charge in [-0.25, -0.2) is 0 Å². The van der Waals surface area contributed by atoms with E-state index in [1.807, 2.05) is 39.8 Å². The maximum atomic E-state index is 10.6. The molecular weight excluding hydrogens is 380 g/mol. The van der Waals surface area contributed by atoms with Gasteiger partial charge in [-0.15, -0.1) is 11.3 Å². The molecule has 1 aliphatic heterocycles. The van der Waals surface area contributed by atoms with Crippen LogP contribution in [0.5, 0.6) is 5.75 Å². The minimum Gasteiger partial charge on any atom is -0.507 e. The SMILES string of the molecule is CC1(C)OC(c2cc(-c3cccc4c3sc3ccccc34)ccc2O)OC1(C)C. The zero-order chi connectivity index (χ0) is 20.4. The molecule has 0 atom stereocenters. The van der Waals surface area contributed by atoms with E-state index < -0.39 is 17.5 Å². The number of hydrogen-bond acceptors (Lipinski definition) is 4.